The maximum absolute atomic E-state index is 14.1. The molecular weight excluding hydrogens is 599 g/mol. The van der Waals surface area contributed by atoms with Crippen molar-refractivity contribution in [1.82, 2.24) is 24.7 Å². The van der Waals surface area contributed by atoms with Crippen LogP contribution in [0.25, 0.3) is 0 Å². The summed E-state index contributed by atoms with van der Waals surface area (Å²) in [6.45, 7) is 7.29. The van der Waals surface area contributed by atoms with Gasteiger partial charge in [0.2, 0.25) is 5.75 Å². The van der Waals surface area contributed by atoms with Gasteiger partial charge >= 0.3 is 6.18 Å². The van der Waals surface area contributed by atoms with E-state index in [-0.39, 0.29) is 46.1 Å². The van der Waals surface area contributed by atoms with Crippen molar-refractivity contribution in [2.45, 2.75) is 25.7 Å². The van der Waals surface area contributed by atoms with Crippen LogP contribution >= 0.6 is 11.6 Å². The number of carbonyl (C=O) groups is 1. The molecule has 0 unspecified atom stereocenters. The molecule has 1 atom stereocenters. The summed E-state index contributed by atoms with van der Waals surface area (Å²) in [5.74, 6) is 0.364. The lowest BCUT2D eigenvalue weighted by Crippen LogP contribution is -2.45. The van der Waals surface area contributed by atoms with Gasteiger partial charge < -0.3 is 29.9 Å². The van der Waals surface area contributed by atoms with E-state index in [2.05, 4.69) is 32.4 Å². The van der Waals surface area contributed by atoms with Gasteiger partial charge in [0, 0.05) is 50.5 Å². The van der Waals surface area contributed by atoms with E-state index in [0.29, 0.717) is 31.3 Å². The van der Waals surface area contributed by atoms with Crippen molar-refractivity contribution >= 4 is 29.0 Å². The summed E-state index contributed by atoms with van der Waals surface area (Å²) in [4.78, 5) is 27.8. The van der Waals surface area contributed by atoms with E-state index in [0.717, 1.165) is 32.2 Å². The number of nitrogens with zero attached hydrogens (tertiary/aromatic N) is 5. The molecule has 2 N–H and O–H groups in total. The number of hydrogen-bond donors (Lipinski definition) is 2. The highest BCUT2D eigenvalue weighted by Gasteiger charge is 2.34. The highest BCUT2D eigenvalue weighted by molar-refractivity contribution is 6.32. The number of rotatable bonds is 9. The standard InChI is InChI=1S/C30H35ClF3N7O3/c1-4-40-9-11-41(12-10-40)15-20-5-7-21(14-23(20)30(32,33)34)38-28(42)19-6-8-24(31)25(13-19)44-29-26-27(35-18-36-29)37-22(17-43-26)16-39(2)3/h5-8,13-14,18,22H,4,9-12,15-17H2,1-3H3,(H,38,42)(H,35,36,37)/t22-/m1/s1. The first-order valence-corrected chi connectivity index (χ1v) is 14.7. The van der Waals surface area contributed by atoms with Gasteiger partial charge in [0.25, 0.3) is 11.8 Å². The van der Waals surface area contributed by atoms with Crippen LogP contribution in [-0.2, 0) is 12.7 Å². The summed E-state index contributed by atoms with van der Waals surface area (Å²) in [5, 5.41) is 6.07. The Morgan fingerprint density at radius 3 is 2.59 bits per heavy atom. The molecule has 10 nitrogen and oxygen atoms in total. The zero-order valence-corrected chi connectivity index (χ0v) is 25.5. The predicted molar refractivity (Wildman–Crippen MR) is 162 cm³/mol. The summed E-state index contributed by atoms with van der Waals surface area (Å²) < 4.78 is 54.0. The van der Waals surface area contributed by atoms with Gasteiger partial charge in [-0.05, 0) is 56.5 Å². The third kappa shape index (κ3) is 7.70. The van der Waals surface area contributed by atoms with Crippen LogP contribution in [0.15, 0.2) is 42.7 Å². The first-order valence-electron chi connectivity index (χ1n) is 14.3. The van der Waals surface area contributed by atoms with Gasteiger partial charge in [-0.1, -0.05) is 24.6 Å². The van der Waals surface area contributed by atoms with Gasteiger partial charge in [0.1, 0.15) is 18.7 Å². The van der Waals surface area contributed by atoms with Crippen molar-refractivity contribution in [2.24, 2.45) is 0 Å². The molecule has 0 radical (unpaired) electrons. The molecule has 2 aliphatic heterocycles. The number of ether oxygens (including phenoxy) is 2. The van der Waals surface area contributed by atoms with Crippen LogP contribution < -0.4 is 20.1 Å². The second-order valence-corrected chi connectivity index (χ2v) is 11.5. The number of alkyl halides is 3. The first kappa shape index (κ1) is 31.8. The third-order valence-corrected chi connectivity index (χ3v) is 7.82. The highest BCUT2D eigenvalue weighted by Crippen LogP contribution is 2.39. The van der Waals surface area contributed by atoms with E-state index < -0.39 is 17.6 Å². The Morgan fingerprint density at radius 2 is 1.89 bits per heavy atom. The average molecular weight is 634 g/mol. The minimum absolute atomic E-state index is 0.0133. The fourth-order valence-corrected chi connectivity index (χ4v) is 5.37. The van der Waals surface area contributed by atoms with E-state index in [9.17, 15) is 18.0 Å². The smallest absolute Gasteiger partial charge is 0.416 e. The largest absolute Gasteiger partial charge is 0.483 e. The number of nitrogens with one attached hydrogen (secondary N) is 2. The normalized spacial score (nSPS) is 17.5. The van der Waals surface area contributed by atoms with Crippen LogP contribution in [0.1, 0.15) is 28.4 Å². The molecule has 2 aromatic carbocycles. The minimum Gasteiger partial charge on any atom is -0.483 e. The molecule has 236 valence electrons. The van der Waals surface area contributed by atoms with Crippen molar-refractivity contribution in [3.8, 4) is 17.4 Å². The number of aromatic nitrogens is 2. The van der Waals surface area contributed by atoms with Crippen LogP contribution in [0.5, 0.6) is 17.4 Å². The second kappa shape index (κ2) is 13.6. The van der Waals surface area contributed by atoms with Gasteiger partial charge in [-0.25, -0.2) is 4.98 Å². The molecule has 0 aliphatic carbocycles. The Morgan fingerprint density at radius 1 is 1.14 bits per heavy atom. The van der Waals surface area contributed by atoms with E-state index in [1.165, 1.54) is 36.7 Å². The van der Waals surface area contributed by atoms with Gasteiger partial charge in [0.05, 0.1) is 16.6 Å². The van der Waals surface area contributed by atoms with E-state index in [1.54, 1.807) is 0 Å². The maximum atomic E-state index is 14.1. The Labute approximate surface area is 259 Å². The monoisotopic (exact) mass is 633 g/mol. The molecule has 1 fully saturated rings. The summed E-state index contributed by atoms with van der Waals surface area (Å²) in [6.07, 6.45) is -3.26. The molecule has 3 aromatic rings. The van der Waals surface area contributed by atoms with Crippen molar-refractivity contribution in [3.05, 3.63) is 64.4 Å². The number of halogens is 4. The molecule has 0 spiro atoms. The number of amides is 1. The van der Waals surface area contributed by atoms with Crippen LogP contribution in [0.2, 0.25) is 5.02 Å². The zero-order valence-electron chi connectivity index (χ0n) is 24.7. The summed E-state index contributed by atoms with van der Waals surface area (Å²) >= 11 is 6.37. The van der Waals surface area contributed by atoms with Gasteiger partial charge in [-0.15, -0.1) is 0 Å². The van der Waals surface area contributed by atoms with Gasteiger partial charge in [0.15, 0.2) is 5.82 Å². The highest BCUT2D eigenvalue weighted by atomic mass is 35.5. The average Bonchev–Trinajstić information content (AvgIpc) is 2.98. The van der Waals surface area contributed by atoms with Gasteiger partial charge in [-0.3, -0.25) is 9.69 Å². The van der Waals surface area contributed by atoms with E-state index >= 15 is 0 Å². The molecule has 0 bridgehead atoms. The molecule has 1 amide bonds. The number of hydrogen-bond acceptors (Lipinski definition) is 9. The quantitative estimate of drug-likeness (QED) is 0.335. The lowest BCUT2D eigenvalue weighted by atomic mass is 10.0. The fourth-order valence-electron chi connectivity index (χ4n) is 5.21. The van der Waals surface area contributed by atoms with Crippen LogP contribution in [0.3, 0.4) is 0 Å². The van der Waals surface area contributed by atoms with E-state index in [4.69, 9.17) is 21.1 Å². The van der Waals surface area contributed by atoms with Gasteiger partial charge in [-0.2, -0.15) is 18.2 Å². The summed E-state index contributed by atoms with van der Waals surface area (Å²) in [6, 6.07) is 8.22. The van der Waals surface area contributed by atoms with Crippen LogP contribution in [0, 0.1) is 0 Å². The molecule has 2 aliphatic rings. The number of carbonyl (C=O) groups excluding carboxylic acids is 1. The molecule has 0 saturated carbocycles. The van der Waals surface area contributed by atoms with Crippen LogP contribution in [-0.4, -0.2) is 96.6 Å². The molecule has 14 heteroatoms. The lowest BCUT2D eigenvalue weighted by Gasteiger charge is -2.34. The number of benzene rings is 2. The van der Waals surface area contributed by atoms with Crippen molar-refractivity contribution < 1.29 is 27.4 Å². The van der Waals surface area contributed by atoms with Crippen molar-refractivity contribution in [1.29, 1.82) is 0 Å². The van der Waals surface area contributed by atoms with Crippen molar-refractivity contribution in [2.75, 3.05) is 70.6 Å². The molecular formula is C30H35ClF3N7O3. The Balaban J connectivity index is 1.30. The lowest BCUT2D eigenvalue weighted by molar-refractivity contribution is -0.138. The number of likely N-dealkylation sites (N-methyl/N-ethyl adjacent to an activating group) is 2. The molecule has 3 heterocycles. The first-order chi connectivity index (χ1) is 21.0. The molecule has 44 heavy (non-hydrogen) atoms. The van der Waals surface area contributed by atoms with Crippen molar-refractivity contribution in [3.63, 3.8) is 0 Å². The number of anilines is 2. The number of fused-ring (bicyclic) bond motifs is 1. The fraction of sp³-hybridized carbons (Fsp3) is 0.433. The Kier molecular flexibility index (Phi) is 9.78. The summed E-state index contributed by atoms with van der Waals surface area (Å²) in [7, 11) is 3.91. The minimum atomic E-state index is -4.58. The Bertz CT molecular complexity index is 1480. The third-order valence-electron chi connectivity index (χ3n) is 7.51. The maximum Gasteiger partial charge on any atom is 0.416 e. The zero-order chi connectivity index (χ0) is 31.4. The predicted octanol–water partition coefficient (Wildman–Crippen LogP) is 5.07. The van der Waals surface area contributed by atoms with Crippen LogP contribution in [0.4, 0.5) is 24.7 Å². The Hall–Kier alpha value is -3.65. The molecule has 5 rings (SSSR count). The SMILES string of the molecule is CCN1CCN(Cc2ccc(NC(=O)c3ccc(Cl)c(Oc4ncnc5c4OC[C@@H](CN(C)C)N5)c3)cc2C(F)(F)F)CC1. The molecule has 1 aromatic heterocycles. The molecule has 1 saturated heterocycles. The number of piperazine rings is 1. The second-order valence-electron chi connectivity index (χ2n) is 11.1. The topological polar surface area (TPSA) is 95.1 Å². The van der Waals surface area contributed by atoms with E-state index in [1.807, 2.05) is 23.9 Å². The summed E-state index contributed by atoms with van der Waals surface area (Å²) in [5.41, 5.74) is -0.455.